The Morgan fingerprint density at radius 1 is 1.33 bits per heavy atom. The van der Waals surface area contributed by atoms with E-state index in [9.17, 15) is 4.79 Å². The van der Waals surface area contributed by atoms with Crippen LogP contribution in [0.3, 0.4) is 0 Å². The maximum absolute atomic E-state index is 13.0. The average Bonchev–Trinajstić information content (AvgIpc) is 3.40. The fourth-order valence-electron chi connectivity index (χ4n) is 4.49. The van der Waals surface area contributed by atoms with Gasteiger partial charge in [-0.05, 0) is 42.4 Å². The normalized spacial score (nSPS) is 17.8. The minimum atomic E-state index is -0.833. The van der Waals surface area contributed by atoms with Gasteiger partial charge in [0.1, 0.15) is 10.0 Å². The highest BCUT2D eigenvalue weighted by Crippen LogP contribution is 2.41. The van der Waals surface area contributed by atoms with E-state index in [1.807, 2.05) is 6.07 Å². The molecule has 3 atom stereocenters. The second-order valence-corrected chi connectivity index (χ2v) is 10.3. The Balaban J connectivity index is 0.000000709. The van der Waals surface area contributed by atoms with Crippen molar-refractivity contribution < 1.29 is 19.4 Å². The van der Waals surface area contributed by atoms with E-state index < -0.39 is 5.97 Å². The van der Waals surface area contributed by atoms with Crippen LogP contribution in [0.15, 0.2) is 30.3 Å². The summed E-state index contributed by atoms with van der Waals surface area (Å²) < 4.78 is 6.65. The van der Waals surface area contributed by atoms with E-state index in [-0.39, 0.29) is 11.9 Å². The number of benzene rings is 1. The predicted molar refractivity (Wildman–Crippen MR) is 134 cm³/mol. The highest BCUT2D eigenvalue weighted by molar-refractivity contribution is 7.23. The lowest BCUT2D eigenvalue weighted by atomic mass is 9.83. The van der Waals surface area contributed by atoms with Crippen molar-refractivity contribution in [2.45, 2.75) is 45.1 Å². The summed E-state index contributed by atoms with van der Waals surface area (Å²) in [6.07, 6.45) is 2.93. The van der Waals surface area contributed by atoms with Crippen LogP contribution in [0.5, 0.6) is 0 Å². The van der Waals surface area contributed by atoms with Crippen molar-refractivity contribution in [3.05, 3.63) is 56.5 Å². The van der Waals surface area contributed by atoms with Crippen molar-refractivity contribution in [1.29, 1.82) is 0 Å². The zero-order valence-corrected chi connectivity index (χ0v) is 21.1. The Bertz CT molecular complexity index is 1120. The molecule has 0 bridgehead atoms. The van der Waals surface area contributed by atoms with Crippen LogP contribution in [-0.2, 0) is 16.0 Å². The van der Waals surface area contributed by atoms with Crippen LogP contribution in [0.4, 0.5) is 0 Å². The van der Waals surface area contributed by atoms with Gasteiger partial charge in [0.2, 0.25) is 0 Å². The van der Waals surface area contributed by atoms with Gasteiger partial charge in [0.15, 0.2) is 0 Å². The van der Waals surface area contributed by atoms with E-state index in [1.54, 1.807) is 7.11 Å². The van der Waals surface area contributed by atoms with Crippen molar-refractivity contribution in [1.82, 2.24) is 10.3 Å². The fourth-order valence-corrected chi connectivity index (χ4v) is 5.97. The number of amides is 1. The molecular weight excluding hydrogens is 483 g/mol. The first kappa shape index (κ1) is 25.6. The largest absolute Gasteiger partial charge is 0.481 e. The second kappa shape index (κ2) is 11.4. The molecule has 4 rings (SSSR count). The highest BCUT2D eigenvalue weighted by Gasteiger charge is 2.36. The quantitative estimate of drug-likeness (QED) is 0.333. The van der Waals surface area contributed by atoms with Gasteiger partial charge in [-0.2, -0.15) is 0 Å². The number of aliphatic carboxylic acids is 1. The number of carboxylic acid groups (broad SMARTS) is 1. The number of carboxylic acids is 1. The molecule has 0 spiro atoms. The summed E-state index contributed by atoms with van der Waals surface area (Å²) in [7, 11) is 1.74. The molecule has 1 aliphatic rings. The summed E-state index contributed by atoms with van der Waals surface area (Å²) >= 11 is 13.7. The Hall–Kier alpha value is -2.06. The Morgan fingerprint density at radius 3 is 2.70 bits per heavy atom. The third kappa shape index (κ3) is 6.09. The lowest BCUT2D eigenvalue weighted by molar-refractivity contribution is -0.134. The summed E-state index contributed by atoms with van der Waals surface area (Å²) in [5.41, 5.74) is 3.92. The van der Waals surface area contributed by atoms with E-state index in [4.69, 9.17) is 37.8 Å². The topological polar surface area (TPSA) is 91.4 Å². The lowest BCUT2D eigenvalue weighted by Crippen LogP contribution is -2.40. The van der Waals surface area contributed by atoms with Gasteiger partial charge >= 0.3 is 0 Å². The lowest BCUT2D eigenvalue weighted by Gasteiger charge is -2.27. The van der Waals surface area contributed by atoms with Gasteiger partial charge in [-0.25, -0.2) is 0 Å². The van der Waals surface area contributed by atoms with Crippen molar-refractivity contribution >= 4 is 56.6 Å². The molecule has 3 N–H and O–H groups in total. The molecule has 0 radical (unpaired) electrons. The van der Waals surface area contributed by atoms with Crippen LogP contribution >= 0.6 is 34.5 Å². The number of aromatic amines is 1. The summed E-state index contributed by atoms with van der Waals surface area (Å²) in [6.45, 7) is 4.12. The molecule has 2 aromatic heterocycles. The summed E-state index contributed by atoms with van der Waals surface area (Å²) in [5, 5.41) is 11.2. The zero-order chi connectivity index (χ0) is 24.1. The molecule has 3 aromatic rings. The molecule has 0 saturated carbocycles. The number of methoxy groups -OCH3 is 1. The average molecular weight is 511 g/mol. The number of ether oxygens (including phenoxy) is 1. The number of thiophene rings is 1. The number of rotatable bonds is 7. The SMILES string of the molecule is CC(=O)O.COCCCC(C)[C@@H]1c2ccccc2CC1NC(=O)c1cc2sc(Cl)c(Cl)c2[nH]1. The van der Waals surface area contributed by atoms with Gasteiger partial charge in [0.25, 0.3) is 11.9 Å². The smallest absolute Gasteiger partial charge is 0.300 e. The summed E-state index contributed by atoms with van der Waals surface area (Å²) in [5.74, 6) is -0.201. The molecule has 6 nitrogen and oxygen atoms in total. The maximum atomic E-state index is 13.0. The van der Waals surface area contributed by atoms with E-state index >= 15 is 0 Å². The number of carbonyl (C=O) groups excluding carboxylic acids is 1. The van der Waals surface area contributed by atoms with Crippen LogP contribution in [0.25, 0.3) is 10.2 Å². The van der Waals surface area contributed by atoms with E-state index in [2.05, 4.69) is 41.5 Å². The first-order chi connectivity index (χ1) is 15.7. The molecule has 1 amide bonds. The van der Waals surface area contributed by atoms with Crippen LogP contribution in [0, 0.1) is 5.92 Å². The highest BCUT2D eigenvalue weighted by atomic mass is 35.5. The number of aromatic nitrogens is 1. The fraction of sp³-hybridized carbons (Fsp3) is 0.417. The molecule has 2 unspecified atom stereocenters. The predicted octanol–water partition coefficient (Wildman–Crippen LogP) is 6.13. The molecule has 178 valence electrons. The number of hydrogen-bond acceptors (Lipinski definition) is 4. The van der Waals surface area contributed by atoms with E-state index in [1.165, 1.54) is 22.5 Å². The number of halogens is 2. The first-order valence-corrected chi connectivity index (χ1v) is 12.3. The molecule has 33 heavy (non-hydrogen) atoms. The van der Waals surface area contributed by atoms with Crippen molar-refractivity contribution in [3.63, 3.8) is 0 Å². The number of carbonyl (C=O) groups is 2. The van der Waals surface area contributed by atoms with Crippen molar-refractivity contribution in [3.8, 4) is 0 Å². The minimum Gasteiger partial charge on any atom is -0.481 e. The maximum Gasteiger partial charge on any atom is 0.300 e. The molecule has 0 saturated heterocycles. The van der Waals surface area contributed by atoms with Gasteiger partial charge in [-0.3, -0.25) is 9.59 Å². The summed E-state index contributed by atoms with van der Waals surface area (Å²) in [6, 6.07) is 10.4. The molecule has 0 fully saturated rings. The van der Waals surface area contributed by atoms with Gasteiger partial charge in [-0.1, -0.05) is 54.4 Å². The molecule has 0 aliphatic heterocycles. The van der Waals surface area contributed by atoms with Gasteiger partial charge in [-0.15, -0.1) is 11.3 Å². The Kier molecular flexibility index (Phi) is 8.82. The minimum absolute atomic E-state index is 0.0674. The molecular formula is C24H28Cl2N2O4S. The van der Waals surface area contributed by atoms with Crippen LogP contribution in [0.1, 0.15) is 54.2 Å². The van der Waals surface area contributed by atoms with E-state index in [0.29, 0.717) is 26.9 Å². The number of hydrogen-bond donors (Lipinski definition) is 3. The standard InChI is InChI=1S/C22H24Cl2N2O2S.C2H4O2/c1-12(6-5-9-28-2)18-14-8-4-3-7-13(14)10-15(18)26-22(27)16-11-17-20(25-16)19(23)21(24)29-17;1-2(3)4/h3-4,7-8,11-12,15,18,25H,5-6,9-10H2,1-2H3,(H,26,27);1H3,(H,3,4)/t12?,15?,18-;/m1./s1. The zero-order valence-electron chi connectivity index (χ0n) is 18.8. The number of fused-ring (bicyclic) bond motifs is 2. The molecule has 9 heteroatoms. The summed E-state index contributed by atoms with van der Waals surface area (Å²) in [4.78, 5) is 25.1. The van der Waals surface area contributed by atoms with Gasteiger partial charge < -0.3 is 20.1 Å². The third-order valence-electron chi connectivity index (χ3n) is 5.84. The van der Waals surface area contributed by atoms with Crippen LogP contribution < -0.4 is 5.32 Å². The van der Waals surface area contributed by atoms with Crippen molar-refractivity contribution in [2.24, 2.45) is 5.92 Å². The first-order valence-electron chi connectivity index (χ1n) is 10.8. The molecule has 1 aliphatic carbocycles. The van der Waals surface area contributed by atoms with Crippen LogP contribution in [0.2, 0.25) is 9.36 Å². The molecule has 2 heterocycles. The molecule has 1 aromatic carbocycles. The van der Waals surface area contributed by atoms with Gasteiger partial charge in [0, 0.05) is 32.6 Å². The van der Waals surface area contributed by atoms with Crippen LogP contribution in [-0.4, -0.2) is 41.7 Å². The van der Waals surface area contributed by atoms with Crippen molar-refractivity contribution in [2.75, 3.05) is 13.7 Å². The Labute approximate surface area is 207 Å². The second-order valence-electron chi connectivity index (χ2n) is 8.25. The number of H-pyrrole nitrogens is 1. The van der Waals surface area contributed by atoms with Gasteiger partial charge in [0.05, 0.1) is 15.2 Å². The number of nitrogens with one attached hydrogen (secondary N) is 2. The third-order valence-corrected chi connectivity index (χ3v) is 7.78. The monoisotopic (exact) mass is 510 g/mol. The Morgan fingerprint density at radius 2 is 2.03 bits per heavy atom. The van der Waals surface area contributed by atoms with E-state index in [0.717, 1.165) is 43.0 Å².